The summed E-state index contributed by atoms with van der Waals surface area (Å²) in [6.07, 6.45) is 0.880. The lowest BCUT2D eigenvalue weighted by Gasteiger charge is -2.15. The summed E-state index contributed by atoms with van der Waals surface area (Å²) in [5.74, 6) is -0.833. The summed E-state index contributed by atoms with van der Waals surface area (Å²) in [6, 6.07) is 17.1. The highest BCUT2D eigenvalue weighted by atomic mass is 32.1. The number of hydrogen-bond acceptors (Lipinski definition) is 5. The maximum Gasteiger partial charge on any atom is 0.265 e. The Morgan fingerprint density at radius 3 is 2.82 bits per heavy atom. The number of aromatic nitrogens is 2. The molecule has 0 radical (unpaired) electrons. The first-order valence-electron chi connectivity index (χ1n) is 8.64. The number of ether oxygens (including phenoxy) is 1. The van der Waals surface area contributed by atoms with Crippen molar-refractivity contribution < 1.29 is 13.9 Å². The Bertz CT molecular complexity index is 1110. The molecule has 0 fully saturated rings. The van der Waals surface area contributed by atoms with E-state index in [1.165, 1.54) is 23.5 Å². The Hall–Kier alpha value is -3.32. The number of hydrogen-bond donors (Lipinski definition) is 1. The fraction of sp³-hybridized carbons (Fsp3) is 0.0952. The van der Waals surface area contributed by atoms with E-state index in [1.807, 2.05) is 30.3 Å². The van der Waals surface area contributed by atoms with E-state index >= 15 is 0 Å². The Morgan fingerprint density at radius 2 is 2.00 bits per heavy atom. The van der Waals surface area contributed by atoms with E-state index in [-0.39, 0.29) is 11.7 Å². The van der Waals surface area contributed by atoms with Crippen LogP contribution in [0.1, 0.15) is 6.92 Å². The highest BCUT2D eigenvalue weighted by Crippen LogP contribution is 2.30. The van der Waals surface area contributed by atoms with Gasteiger partial charge in [-0.2, -0.15) is 0 Å². The van der Waals surface area contributed by atoms with Crippen molar-refractivity contribution in [2.24, 2.45) is 0 Å². The molecule has 1 N–H and O–H groups in total. The van der Waals surface area contributed by atoms with Crippen LogP contribution in [-0.2, 0) is 4.79 Å². The third-order valence-electron chi connectivity index (χ3n) is 4.05. The van der Waals surface area contributed by atoms with Crippen LogP contribution in [0.2, 0.25) is 0 Å². The fourth-order valence-corrected chi connectivity index (χ4v) is 3.56. The van der Waals surface area contributed by atoms with E-state index in [2.05, 4.69) is 15.3 Å². The molecule has 2 aromatic carbocycles. The van der Waals surface area contributed by atoms with Crippen LogP contribution in [0, 0.1) is 5.82 Å². The van der Waals surface area contributed by atoms with Crippen LogP contribution in [0.5, 0.6) is 5.75 Å². The number of amides is 1. The van der Waals surface area contributed by atoms with E-state index in [4.69, 9.17) is 4.74 Å². The lowest BCUT2D eigenvalue weighted by molar-refractivity contribution is -0.122. The molecule has 7 heteroatoms. The van der Waals surface area contributed by atoms with Crippen LogP contribution in [0.15, 0.2) is 66.9 Å². The summed E-state index contributed by atoms with van der Waals surface area (Å²) < 4.78 is 19.1. The predicted molar refractivity (Wildman–Crippen MR) is 108 cm³/mol. The molecule has 0 aliphatic heterocycles. The number of nitrogens with zero attached hydrogens (tertiary/aromatic N) is 2. The van der Waals surface area contributed by atoms with E-state index in [0.717, 1.165) is 20.9 Å². The van der Waals surface area contributed by atoms with Gasteiger partial charge in [-0.05, 0) is 43.3 Å². The second-order valence-corrected chi connectivity index (χ2v) is 7.08. The Kier molecular flexibility index (Phi) is 4.99. The van der Waals surface area contributed by atoms with Crippen molar-refractivity contribution in [2.45, 2.75) is 13.0 Å². The van der Waals surface area contributed by atoms with Crippen molar-refractivity contribution in [1.29, 1.82) is 0 Å². The number of carbonyl (C=O) groups is 1. The van der Waals surface area contributed by atoms with Crippen LogP contribution in [0.25, 0.3) is 20.9 Å². The summed E-state index contributed by atoms with van der Waals surface area (Å²) >= 11 is 1.49. The molecular weight excluding hydrogens is 377 g/mol. The minimum absolute atomic E-state index is 0.0425. The lowest BCUT2D eigenvalue weighted by Crippen LogP contribution is -2.30. The lowest BCUT2D eigenvalue weighted by atomic mass is 10.2. The first-order chi connectivity index (χ1) is 13.6. The average Bonchev–Trinajstić information content (AvgIpc) is 3.14. The average molecular weight is 393 g/mol. The molecule has 140 valence electrons. The molecule has 0 saturated carbocycles. The van der Waals surface area contributed by atoms with Gasteiger partial charge in [-0.1, -0.05) is 35.6 Å². The third kappa shape index (κ3) is 3.84. The number of halogens is 1. The molecule has 0 saturated heterocycles. The first kappa shape index (κ1) is 18.1. The second-order valence-electron chi connectivity index (χ2n) is 6.11. The maximum atomic E-state index is 13.7. The first-order valence-corrected chi connectivity index (χ1v) is 9.46. The zero-order valence-electron chi connectivity index (χ0n) is 14.9. The Labute approximate surface area is 164 Å². The molecular formula is C21H16FN3O2S. The van der Waals surface area contributed by atoms with Gasteiger partial charge < -0.3 is 10.1 Å². The van der Waals surface area contributed by atoms with Crippen LogP contribution in [0.4, 0.5) is 10.1 Å². The normalized spacial score (nSPS) is 11.9. The standard InChI is InChI=1S/C21H16FN3O2S/c1-13(27-18-10-3-2-8-16(18)22)19(26)24-15-7-4-6-14(12-15)20-25-17-9-5-11-23-21(17)28-20/h2-13H,1H3,(H,24,26)/t13-/m0/s1. The smallest absolute Gasteiger partial charge is 0.265 e. The summed E-state index contributed by atoms with van der Waals surface area (Å²) in [4.78, 5) is 22.2. The maximum absolute atomic E-state index is 13.7. The van der Waals surface area contributed by atoms with Crippen molar-refractivity contribution in [2.75, 3.05) is 5.32 Å². The largest absolute Gasteiger partial charge is 0.478 e. The number of rotatable bonds is 5. The van der Waals surface area contributed by atoms with Gasteiger partial charge in [0.2, 0.25) is 0 Å². The van der Waals surface area contributed by atoms with Crippen LogP contribution in [-0.4, -0.2) is 22.0 Å². The van der Waals surface area contributed by atoms with Gasteiger partial charge in [-0.15, -0.1) is 0 Å². The molecule has 0 unspecified atom stereocenters. The minimum Gasteiger partial charge on any atom is -0.478 e. The van der Waals surface area contributed by atoms with Gasteiger partial charge in [-0.3, -0.25) is 4.79 Å². The van der Waals surface area contributed by atoms with Gasteiger partial charge in [0.1, 0.15) is 15.4 Å². The monoisotopic (exact) mass is 393 g/mol. The van der Waals surface area contributed by atoms with E-state index in [9.17, 15) is 9.18 Å². The summed E-state index contributed by atoms with van der Waals surface area (Å²) in [5.41, 5.74) is 2.33. The van der Waals surface area contributed by atoms with Gasteiger partial charge >= 0.3 is 0 Å². The van der Waals surface area contributed by atoms with Crippen molar-refractivity contribution in [3.8, 4) is 16.3 Å². The van der Waals surface area contributed by atoms with Crippen LogP contribution in [0.3, 0.4) is 0 Å². The quantitative estimate of drug-likeness (QED) is 0.524. The summed E-state index contributed by atoms with van der Waals surface area (Å²) in [6.45, 7) is 1.57. The molecule has 28 heavy (non-hydrogen) atoms. The summed E-state index contributed by atoms with van der Waals surface area (Å²) in [5, 5.41) is 3.62. The molecule has 4 rings (SSSR count). The van der Waals surface area contributed by atoms with E-state index in [0.29, 0.717) is 5.69 Å². The molecule has 1 atom stereocenters. The van der Waals surface area contributed by atoms with Gasteiger partial charge in [0.25, 0.3) is 5.91 Å². The number of nitrogens with one attached hydrogen (secondary N) is 1. The number of carbonyl (C=O) groups excluding carboxylic acids is 1. The second kappa shape index (κ2) is 7.74. The molecule has 0 spiro atoms. The summed E-state index contributed by atoms with van der Waals surface area (Å²) in [7, 11) is 0. The van der Waals surface area contributed by atoms with Crippen LogP contribution >= 0.6 is 11.3 Å². The number of fused-ring (bicyclic) bond motifs is 1. The number of benzene rings is 2. The van der Waals surface area contributed by atoms with Crippen LogP contribution < -0.4 is 10.1 Å². The van der Waals surface area contributed by atoms with Gasteiger partial charge in [0, 0.05) is 17.4 Å². The van der Waals surface area contributed by atoms with Crippen molar-refractivity contribution >= 4 is 33.3 Å². The molecule has 5 nitrogen and oxygen atoms in total. The van der Waals surface area contributed by atoms with Crippen molar-refractivity contribution in [1.82, 2.24) is 9.97 Å². The van der Waals surface area contributed by atoms with Gasteiger partial charge in [0.15, 0.2) is 17.7 Å². The number of thiazole rings is 1. The van der Waals surface area contributed by atoms with Crippen molar-refractivity contribution in [3.05, 3.63) is 72.7 Å². The highest BCUT2D eigenvalue weighted by molar-refractivity contribution is 7.21. The number of para-hydroxylation sites is 1. The molecule has 2 heterocycles. The molecule has 0 aliphatic rings. The molecule has 2 aromatic heterocycles. The van der Waals surface area contributed by atoms with Crippen molar-refractivity contribution in [3.63, 3.8) is 0 Å². The Morgan fingerprint density at radius 1 is 1.14 bits per heavy atom. The number of pyridine rings is 1. The molecule has 0 aliphatic carbocycles. The SMILES string of the molecule is C[C@H](Oc1ccccc1F)C(=O)Nc1cccc(-c2nc3cccnc3s2)c1. The fourth-order valence-electron chi connectivity index (χ4n) is 2.65. The number of anilines is 1. The Balaban J connectivity index is 1.50. The zero-order chi connectivity index (χ0) is 19.5. The minimum atomic E-state index is -0.854. The van der Waals surface area contributed by atoms with E-state index in [1.54, 1.807) is 31.3 Å². The predicted octanol–water partition coefficient (Wildman–Crippen LogP) is 4.90. The molecule has 0 bridgehead atoms. The zero-order valence-corrected chi connectivity index (χ0v) is 15.7. The molecule has 1 amide bonds. The molecule has 4 aromatic rings. The van der Waals surface area contributed by atoms with E-state index < -0.39 is 11.9 Å². The highest BCUT2D eigenvalue weighted by Gasteiger charge is 2.17. The van der Waals surface area contributed by atoms with Gasteiger partial charge in [0.05, 0.1) is 0 Å². The third-order valence-corrected chi connectivity index (χ3v) is 5.08. The topological polar surface area (TPSA) is 64.1 Å². The van der Waals surface area contributed by atoms with Gasteiger partial charge in [-0.25, -0.2) is 14.4 Å².